The van der Waals surface area contributed by atoms with Crippen LogP contribution in [-0.4, -0.2) is 10.8 Å². The molecule has 1 saturated carbocycles. The minimum absolute atomic E-state index is 0.0380. The number of hydrogen-bond acceptors (Lipinski definition) is 3. The first kappa shape index (κ1) is 12.7. The fourth-order valence-corrected chi connectivity index (χ4v) is 2.35. The van der Waals surface area contributed by atoms with Crippen LogP contribution in [0.3, 0.4) is 0 Å². The largest absolute Gasteiger partial charge is 0.393 e. The molecule has 0 bridgehead atoms. The van der Waals surface area contributed by atoms with E-state index in [9.17, 15) is 18.9 Å². The first-order valence-electron chi connectivity index (χ1n) is 5.81. The molecular formula is C12H14F2N2O2. The molecule has 2 rings (SSSR count). The Morgan fingerprint density at radius 1 is 1.33 bits per heavy atom. The molecule has 1 aromatic rings. The van der Waals surface area contributed by atoms with Crippen molar-refractivity contribution in [2.24, 2.45) is 0 Å². The van der Waals surface area contributed by atoms with Crippen molar-refractivity contribution in [2.75, 3.05) is 5.73 Å². The zero-order chi connectivity index (χ0) is 13.3. The van der Waals surface area contributed by atoms with Crippen molar-refractivity contribution < 1.29 is 13.7 Å². The van der Waals surface area contributed by atoms with E-state index in [0.717, 1.165) is 5.56 Å². The lowest BCUT2D eigenvalue weighted by Gasteiger charge is -2.28. The lowest BCUT2D eigenvalue weighted by atomic mass is 9.82. The van der Waals surface area contributed by atoms with Gasteiger partial charge in [-0.15, -0.1) is 0 Å². The van der Waals surface area contributed by atoms with E-state index in [1.165, 1.54) is 12.1 Å². The Balaban J connectivity index is 2.20. The molecular weight excluding hydrogens is 242 g/mol. The van der Waals surface area contributed by atoms with Crippen LogP contribution in [0.2, 0.25) is 0 Å². The van der Waals surface area contributed by atoms with Crippen LogP contribution in [-0.2, 0) is 0 Å². The number of halogens is 2. The summed E-state index contributed by atoms with van der Waals surface area (Å²) in [6.07, 6.45) is 0.397. The molecule has 1 aliphatic carbocycles. The predicted octanol–water partition coefficient (Wildman–Crippen LogP) is 3.47. The SMILES string of the molecule is Nc1ccc(C2CCC(F)(F)CC2)cc1[N+](=O)[O-]. The Morgan fingerprint density at radius 2 is 1.94 bits per heavy atom. The second kappa shape index (κ2) is 4.51. The van der Waals surface area contributed by atoms with Crippen molar-refractivity contribution in [1.29, 1.82) is 0 Å². The second-order valence-corrected chi connectivity index (χ2v) is 4.71. The van der Waals surface area contributed by atoms with E-state index in [0.29, 0.717) is 12.8 Å². The van der Waals surface area contributed by atoms with Gasteiger partial charge in [0.1, 0.15) is 5.69 Å². The minimum Gasteiger partial charge on any atom is -0.393 e. The summed E-state index contributed by atoms with van der Waals surface area (Å²) in [6, 6.07) is 4.57. The summed E-state index contributed by atoms with van der Waals surface area (Å²) in [7, 11) is 0. The van der Waals surface area contributed by atoms with Gasteiger partial charge in [-0.2, -0.15) is 0 Å². The fraction of sp³-hybridized carbons (Fsp3) is 0.500. The van der Waals surface area contributed by atoms with Gasteiger partial charge in [-0.05, 0) is 30.4 Å². The number of nitro benzene ring substituents is 1. The molecule has 2 N–H and O–H groups in total. The van der Waals surface area contributed by atoms with E-state index in [1.807, 2.05) is 0 Å². The van der Waals surface area contributed by atoms with E-state index < -0.39 is 10.8 Å². The van der Waals surface area contributed by atoms with Gasteiger partial charge >= 0.3 is 0 Å². The molecule has 0 saturated heterocycles. The molecule has 0 spiro atoms. The van der Waals surface area contributed by atoms with Gasteiger partial charge in [-0.25, -0.2) is 8.78 Å². The number of nitrogens with two attached hydrogens (primary N) is 1. The number of anilines is 1. The minimum atomic E-state index is -2.59. The quantitative estimate of drug-likeness (QED) is 0.500. The predicted molar refractivity (Wildman–Crippen MR) is 63.7 cm³/mol. The summed E-state index contributed by atoms with van der Waals surface area (Å²) in [4.78, 5) is 10.2. The average Bonchev–Trinajstić information content (AvgIpc) is 2.30. The van der Waals surface area contributed by atoms with Crippen LogP contribution in [0.1, 0.15) is 37.2 Å². The lowest BCUT2D eigenvalue weighted by molar-refractivity contribution is -0.384. The zero-order valence-electron chi connectivity index (χ0n) is 9.73. The maximum absolute atomic E-state index is 13.0. The molecule has 1 aliphatic rings. The first-order valence-corrected chi connectivity index (χ1v) is 5.81. The highest BCUT2D eigenvalue weighted by molar-refractivity contribution is 5.59. The average molecular weight is 256 g/mol. The van der Waals surface area contributed by atoms with Crippen molar-refractivity contribution in [2.45, 2.75) is 37.5 Å². The van der Waals surface area contributed by atoms with Crippen molar-refractivity contribution >= 4 is 11.4 Å². The smallest absolute Gasteiger partial charge is 0.292 e. The third-order valence-corrected chi connectivity index (χ3v) is 3.44. The summed E-state index contributed by atoms with van der Waals surface area (Å²) in [6.45, 7) is 0. The summed E-state index contributed by atoms with van der Waals surface area (Å²) in [5.74, 6) is -2.63. The fourth-order valence-electron chi connectivity index (χ4n) is 2.35. The lowest BCUT2D eigenvalue weighted by Crippen LogP contribution is -2.23. The molecule has 6 heteroatoms. The molecule has 18 heavy (non-hydrogen) atoms. The number of nitrogens with zero attached hydrogens (tertiary/aromatic N) is 1. The normalized spacial score (nSPS) is 19.7. The summed E-state index contributed by atoms with van der Waals surface area (Å²) in [5.41, 5.74) is 6.18. The van der Waals surface area contributed by atoms with Crippen LogP contribution in [0.5, 0.6) is 0 Å². The molecule has 0 heterocycles. The van der Waals surface area contributed by atoms with Crippen molar-refractivity contribution in [3.8, 4) is 0 Å². The third kappa shape index (κ3) is 2.57. The van der Waals surface area contributed by atoms with Gasteiger partial charge in [0.25, 0.3) is 5.69 Å². The molecule has 4 nitrogen and oxygen atoms in total. The van der Waals surface area contributed by atoms with Gasteiger partial charge in [0.15, 0.2) is 0 Å². The van der Waals surface area contributed by atoms with E-state index in [2.05, 4.69) is 0 Å². The Kier molecular flexibility index (Phi) is 3.19. The Labute approximate surface area is 103 Å². The van der Waals surface area contributed by atoms with Gasteiger partial charge < -0.3 is 5.73 Å². The third-order valence-electron chi connectivity index (χ3n) is 3.44. The number of alkyl halides is 2. The highest BCUT2D eigenvalue weighted by Gasteiger charge is 2.35. The first-order chi connectivity index (χ1) is 8.39. The van der Waals surface area contributed by atoms with E-state index in [-0.39, 0.29) is 30.1 Å². The van der Waals surface area contributed by atoms with Crippen LogP contribution >= 0.6 is 0 Å². The Bertz CT molecular complexity index is 467. The highest BCUT2D eigenvalue weighted by atomic mass is 19.3. The van der Waals surface area contributed by atoms with E-state index in [4.69, 9.17) is 5.73 Å². The number of rotatable bonds is 2. The summed E-state index contributed by atoms with van der Waals surface area (Å²) in [5, 5.41) is 10.8. The highest BCUT2D eigenvalue weighted by Crippen LogP contribution is 2.41. The van der Waals surface area contributed by atoms with Crippen LogP contribution < -0.4 is 5.73 Å². The number of nitrogen functional groups attached to an aromatic ring is 1. The maximum Gasteiger partial charge on any atom is 0.292 e. The topological polar surface area (TPSA) is 69.2 Å². The summed E-state index contributed by atoms with van der Waals surface area (Å²) < 4.78 is 26.1. The van der Waals surface area contributed by atoms with Gasteiger partial charge in [-0.1, -0.05) is 6.07 Å². The van der Waals surface area contributed by atoms with Crippen LogP contribution in [0.4, 0.5) is 20.2 Å². The zero-order valence-corrected chi connectivity index (χ0v) is 9.73. The molecule has 0 amide bonds. The molecule has 1 aromatic carbocycles. The Hall–Kier alpha value is -1.72. The number of hydrogen-bond donors (Lipinski definition) is 1. The van der Waals surface area contributed by atoms with Crippen LogP contribution in [0, 0.1) is 10.1 Å². The molecule has 0 atom stereocenters. The van der Waals surface area contributed by atoms with Crippen molar-refractivity contribution in [3.05, 3.63) is 33.9 Å². The molecule has 0 radical (unpaired) electrons. The van der Waals surface area contributed by atoms with Gasteiger partial charge in [0.2, 0.25) is 5.92 Å². The van der Waals surface area contributed by atoms with Crippen LogP contribution in [0.15, 0.2) is 18.2 Å². The molecule has 1 fully saturated rings. The number of benzene rings is 1. The van der Waals surface area contributed by atoms with Crippen molar-refractivity contribution in [3.63, 3.8) is 0 Å². The van der Waals surface area contributed by atoms with Crippen molar-refractivity contribution in [1.82, 2.24) is 0 Å². The van der Waals surface area contributed by atoms with E-state index in [1.54, 1.807) is 6.07 Å². The summed E-state index contributed by atoms with van der Waals surface area (Å²) >= 11 is 0. The molecule has 0 aromatic heterocycles. The molecule has 0 unspecified atom stereocenters. The number of nitro groups is 1. The van der Waals surface area contributed by atoms with Gasteiger partial charge in [0, 0.05) is 18.9 Å². The second-order valence-electron chi connectivity index (χ2n) is 4.71. The monoisotopic (exact) mass is 256 g/mol. The van der Waals surface area contributed by atoms with Gasteiger partial charge in [0.05, 0.1) is 4.92 Å². The molecule has 98 valence electrons. The Morgan fingerprint density at radius 3 is 2.50 bits per heavy atom. The standard InChI is InChI=1S/C12H14F2N2O2/c13-12(14)5-3-8(4-6-12)9-1-2-10(15)11(7-9)16(17)18/h1-2,7-8H,3-6,15H2. The molecule has 0 aliphatic heterocycles. The van der Waals surface area contributed by atoms with E-state index >= 15 is 0 Å². The van der Waals surface area contributed by atoms with Gasteiger partial charge in [-0.3, -0.25) is 10.1 Å². The van der Waals surface area contributed by atoms with Crippen LogP contribution in [0.25, 0.3) is 0 Å². The maximum atomic E-state index is 13.0.